The van der Waals surface area contributed by atoms with E-state index in [1.54, 1.807) is 48.8 Å². The lowest BCUT2D eigenvalue weighted by molar-refractivity contribution is -0.117. The molecule has 6 nitrogen and oxygen atoms in total. The van der Waals surface area contributed by atoms with E-state index in [9.17, 15) is 9.59 Å². The summed E-state index contributed by atoms with van der Waals surface area (Å²) in [5, 5.41) is 8.46. The Morgan fingerprint density at radius 2 is 1.89 bits per heavy atom. The van der Waals surface area contributed by atoms with Crippen LogP contribution in [0.4, 0.5) is 0 Å². The number of nitrogens with one attached hydrogen (secondary N) is 2. The number of thiophene rings is 1. The normalized spacial score (nSPS) is 11.3. The molecule has 0 aliphatic carbocycles. The van der Waals surface area contributed by atoms with Crippen molar-refractivity contribution in [2.45, 2.75) is 0 Å². The summed E-state index contributed by atoms with van der Waals surface area (Å²) in [5.74, 6) is -0.891. The molecule has 0 spiro atoms. The first-order chi connectivity index (χ1) is 13.2. The lowest BCUT2D eigenvalue weighted by Crippen LogP contribution is -2.32. The Hall–Kier alpha value is -3.58. The number of hydrogen-bond acceptors (Lipinski definition) is 5. The van der Waals surface area contributed by atoms with E-state index in [1.165, 1.54) is 17.6 Å². The van der Waals surface area contributed by atoms with Gasteiger partial charge in [0.15, 0.2) is 0 Å². The largest absolute Gasteiger partial charge is 0.317 e. The maximum absolute atomic E-state index is 12.5. The second-order valence-corrected chi connectivity index (χ2v) is 6.36. The van der Waals surface area contributed by atoms with E-state index in [-0.39, 0.29) is 11.6 Å². The Labute approximate surface area is 160 Å². The first-order valence-electron chi connectivity index (χ1n) is 8.07. The van der Waals surface area contributed by atoms with Crippen molar-refractivity contribution in [3.63, 3.8) is 0 Å². The van der Waals surface area contributed by atoms with Gasteiger partial charge in [-0.1, -0.05) is 30.3 Å². The van der Waals surface area contributed by atoms with Crippen molar-refractivity contribution in [3.05, 3.63) is 94.1 Å². The molecule has 3 aromatic rings. The fourth-order valence-corrected chi connectivity index (χ4v) is 2.79. The van der Waals surface area contributed by atoms with Crippen molar-refractivity contribution in [1.29, 1.82) is 0 Å². The van der Waals surface area contributed by atoms with Gasteiger partial charge >= 0.3 is 0 Å². The third-order valence-electron chi connectivity index (χ3n) is 3.42. The van der Waals surface area contributed by atoms with Gasteiger partial charge in [0, 0.05) is 28.4 Å². The van der Waals surface area contributed by atoms with Crippen LogP contribution in [0.2, 0.25) is 0 Å². The van der Waals surface area contributed by atoms with Gasteiger partial charge in [0.25, 0.3) is 11.8 Å². The molecule has 27 heavy (non-hydrogen) atoms. The minimum atomic E-state index is -0.521. The molecule has 0 saturated heterocycles. The number of hydrazone groups is 1. The highest BCUT2D eigenvalue weighted by molar-refractivity contribution is 7.10. The van der Waals surface area contributed by atoms with Gasteiger partial charge in [-0.3, -0.25) is 14.6 Å². The number of benzene rings is 1. The molecule has 3 rings (SSSR count). The minimum Gasteiger partial charge on any atom is -0.317 e. The fraction of sp³-hybridized carbons (Fsp3) is 0. The topological polar surface area (TPSA) is 83.4 Å². The van der Waals surface area contributed by atoms with Crippen molar-refractivity contribution < 1.29 is 9.59 Å². The van der Waals surface area contributed by atoms with Gasteiger partial charge in [-0.2, -0.15) is 5.10 Å². The second-order valence-electron chi connectivity index (χ2n) is 5.38. The molecule has 1 aromatic carbocycles. The number of hydrogen-bond donors (Lipinski definition) is 2. The Morgan fingerprint density at radius 1 is 1.04 bits per heavy atom. The van der Waals surface area contributed by atoms with E-state index >= 15 is 0 Å². The summed E-state index contributed by atoms with van der Waals surface area (Å²) in [5.41, 5.74) is 3.74. The first-order valence-corrected chi connectivity index (χ1v) is 8.95. The van der Waals surface area contributed by atoms with Gasteiger partial charge in [-0.15, -0.1) is 11.3 Å². The minimum absolute atomic E-state index is 0.106. The van der Waals surface area contributed by atoms with Gasteiger partial charge in [-0.25, -0.2) is 5.43 Å². The maximum atomic E-state index is 12.5. The zero-order valence-corrected chi connectivity index (χ0v) is 15.0. The molecule has 0 aliphatic heterocycles. The SMILES string of the molecule is O=C(NN=Cc1cccnc1)/C(=C/c1cccs1)NC(=O)c1ccccc1. The van der Waals surface area contributed by atoms with E-state index in [0.717, 1.165) is 10.4 Å². The Balaban J connectivity index is 1.74. The number of rotatable bonds is 6. The van der Waals surface area contributed by atoms with E-state index in [1.807, 2.05) is 29.6 Å². The molecule has 2 amide bonds. The summed E-state index contributed by atoms with van der Waals surface area (Å²) in [7, 11) is 0. The molecule has 0 saturated carbocycles. The summed E-state index contributed by atoms with van der Waals surface area (Å²) in [6.07, 6.45) is 6.36. The molecule has 0 aliphatic rings. The van der Waals surface area contributed by atoms with Crippen LogP contribution in [0, 0.1) is 0 Å². The standard InChI is InChI=1S/C20H16N4O2S/c25-19(16-7-2-1-3-8-16)23-18(12-17-9-5-11-27-17)20(26)24-22-14-15-6-4-10-21-13-15/h1-14H,(H,23,25)(H,24,26)/b18-12-,22-14?. The predicted octanol–water partition coefficient (Wildman–Crippen LogP) is 3.06. The smallest absolute Gasteiger partial charge is 0.287 e. The average Bonchev–Trinajstić information content (AvgIpc) is 3.22. The van der Waals surface area contributed by atoms with Gasteiger partial charge in [0.05, 0.1) is 6.21 Å². The van der Waals surface area contributed by atoms with Crippen LogP contribution in [-0.4, -0.2) is 23.0 Å². The molecule has 0 fully saturated rings. The van der Waals surface area contributed by atoms with Crippen LogP contribution in [0.15, 0.2) is 83.2 Å². The van der Waals surface area contributed by atoms with Crippen molar-refractivity contribution in [2.75, 3.05) is 0 Å². The molecular weight excluding hydrogens is 360 g/mol. The lowest BCUT2D eigenvalue weighted by Gasteiger charge is -2.08. The second kappa shape index (κ2) is 9.21. The third kappa shape index (κ3) is 5.45. The molecule has 0 unspecified atom stereocenters. The van der Waals surface area contributed by atoms with Gasteiger partial charge in [-0.05, 0) is 35.7 Å². The van der Waals surface area contributed by atoms with Crippen LogP contribution in [0.25, 0.3) is 6.08 Å². The van der Waals surface area contributed by atoms with Crippen molar-refractivity contribution >= 4 is 35.4 Å². The molecule has 134 valence electrons. The third-order valence-corrected chi connectivity index (χ3v) is 4.24. The maximum Gasteiger partial charge on any atom is 0.287 e. The molecule has 0 radical (unpaired) electrons. The van der Waals surface area contributed by atoms with E-state index < -0.39 is 5.91 Å². The molecule has 2 N–H and O–H groups in total. The number of aromatic nitrogens is 1. The van der Waals surface area contributed by atoms with Crippen LogP contribution in [-0.2, 0) is 4.79 Å². The number of nitrogens with zero attached hydrogens (tertiary/aromatic N) is 2. The van der Waals surface area contributed by atoms with E-state index in [0.29, 0.717) is 5.56 Å². The van der Waals surface area contributed by atoms with Crippen LogP contribution in [0.5, 0.6) is 0 Å². The summed E-state index contributed by atoms with van der Waals surface area (Å²) in [6.45, 7) is 0. The Morgan fingerprint density at radius 3 is 2.59 bits per heavy atom. The van der Waals surface area contributed by atoms with Crippen molar-refractivity contribution in [2.24, 2.45) is 5.10 Å². The molecular formula is C20H16N4O2S. The zero-order valence-electron chi connectivity index (χ0n) is 14.2. The highest BCUT2D eigenvalue weighted by Crippen LogP contribution is 2.13. The van der Waals surface area contributed by atoms with Crippen molar-refractivity contribution in [3.8, 4) is 0 Å². The van der Waals surface area contributed by atoms with Gasteiger partial charge in [0.1, 0.15) is 5.70 Å². The summed E-state index contributed by atoms with van der Waals surface area (Å²) in [4.78, 5) is 29.7. The number of amides is 2. The van der Waals surface area contributed by atoms with Crippen LogP contribution in [0.1, 0.15) is 20.8 Å². The highest BCUT2D eigenvalue weighted by Gasteiger charge is 2.14. The summed E-state index contributed by atoms with van der Waals surface area (Å²) < 4.78 is 0. The van der Waals surface area contributed by atoms with Crippen molar-refractivity contribution in [1.82, 2.24) is 15.7 Å². The van der Waals surface area contributed by atoms with Gasteiger partial charge < -0.3 is 5.32 Å². The molecule has 7 heteroatoms. The fourth-order valence-electron chi connectivity index (χ4n) is 2.14. The van der Waals surface area contributed by atoms with Crippen LogP contribution < -0.4 is 10.7 Å². The van der Waals surface area contributed by atoms with Gasteiger partial charge in [0.2, 0.25) is 0 Å². The lowest BCUT2D eigenvalue weighted by atomic mass is 10.2. The number of carbonyl (C=O) groups excluding carboxylic acids is 2. The monoisotopic (exact) mass is 376 g/mol. The number of pyridine rings is 1. The van der Waals surface area contributed by atoms with Crippen LogP contribution >= 0.6 is 11.3 Å². The Bertz CT molecular complexity index is 952. The predicted molar refractivity (Wildman–Crippen MR) is 106 cm³/mol. The summed E-state index contributed by atoms with van der Waals surface area (Å²) >= 11 is 1.46. The van der Waals surface area contributed by atoms with Crippen LogP contribution in [0.3, 0.4) is 0 Å². The van der Waals surface area contributed by atoms with E-state index in [4.69, 9.17) is 0 Å². The molecule has 2 heterocycles. The number of carbonyl (C=O) groups is 2. The quantitative estimate of drug-likeness (QED) is 0.394. The summed E-state index contributed by atoms with van der Waals surface area (Å²) in [6, 6.07) is 16.0. The first kappa shape index (κ1) is 18.2. The molecule has 0 bridgehead atoms. The Kier molecular flexibility index (Phi) is 6.21. The highest BCUT2D eigenvalue weighted by atomic mass is 32.1. The molecule has 2 aromatic heterocycles. The molecule has 0 atom stereocenters. The average molecular weight is 376 g/mol. The van der Waals surface area contributed by atoms with E-state index in [2.05, 4.69) is 20.8 Å². The zero-order chi connectivity index (χ0) is 18.9.